The molecule has 0 radical (unpaired) electrons. The highest BCUT2D eigenvalue weighted by Gasteiger charge is 2.36. The SMILES string of the molecule is CN1CCC(N(C)[C@@H]2CCCC[C@@H]2N(C)C(=O)Nc2ccc3c(c2)OCCCO3)CC1. The summed E-state index contributed by atoms with van der Waals surface area (Å²) in [6, 6.07) is 6.86. The highest BCUT2D eigenvalue weighted by molar-refractivity contribution is 5.89. The third kappa shape index (κ3) is 5.26. The number of nitrogens with one attached hydrogen (secondary N) is 1. The summed E-state index contributed by atoms with van der Waals surface area (Å²) in [7, 11) is 6.43. The Labute approximate surface area is 186 Å². The average molecular weight is 431 g/mol. The van der Waals surface area contributed by atoms with Gasteiger partial charge >= 0.3 is 6.03 Å². The number of hydrogen-bond donors (Lipinski definition) is 1. The van der Waals surface area contributed by atoms with Gasteiger partial charge in [-0.15, -0.1) is 0 Å². The molecule has 2 fully saturated rings. The molecule has 7 heteroatoms. The molecule has 2 amide bonds. The number of likely N-dealkylation sites (tertiary alicyclic amines) is 1. The van der Waals surface area contributed by atoms with E-state index < -0.39 is 0 Å². The smallest absolute Gasteiger partial charge is 0.321 e. The van der Waals surface area contributed by atoms with Crippen molar-refractivity contribution >= 4 is 11.7 Å². The molecule has 1 aromatic rings. The number of urea groups is 1. The largest absolute Gasteiger partial charge is 0.490 e. The summed E-state index contributed by atoms with van der Waals surface area (Å²) in [6.45, 7) is 3.62. The number of ether oxygens (including phenoxy) is 2. The first-order valence-corrected chi connectivity index (χ1v) is 11.9. The van der Waals surface area contributed by atoms with Gasteiger partial charge in [0.2, 0.25) is 0 Å². The van der Waals surface area contributed by atoms with Gasteiger partial charge in [0.05, 0.1) is 13.2 Å². The van der Waals surface area contributed by atoms with Crippen LogP contribution >= 0.6 is 0 Å². The monoisotopic (exact) mass is 430 g/mol. The molecule has 0 unspecified atom stereocenters. The molecule has 0 bridgehead atoms. The topological polar surface area (TPSA) is 57.3 Å². The molecule has 1 saturated carbocycles. The molecule has 3 aliphatic rings. The molecule has 2 aliphatic heterocycles. The zero-order valence-electron chi connectivity index (χ0n) is 19.3. The van der Waals surface area contributed by atoms with Crippen LogP contribution in [-0.2, 0) is 0 Å². The molecule has 4 rings (SSSR count). The highest BCUT2D eigenvalue weighted by atomic mass is 16.5. The Kier molecular flexibility index (Phi) is 7.23. The minimum atomic E-state index is -0.0526. The first-order chi connectivity index (χ1) is 15.0. The van der Waals surface area contributed by atoms with Crippen molar-refractivity contribution in [3.05, 3.63) is 18.2 Å². The zero-order valence-corrected chi connectivity index (χ0v) is 19.3. The molecule has 31 heavy (non-hydrogen) atoms. The fourth-order valence-corrected chi connectivity index (χ4v) is 5.29. The second-order valence-corrected chi connectivity index (χ2v) is 9.37. The summed E-state index contributed by atoms with van der Waals surface area (Å²) in [4.78, 5) is 20.1. The van der Waals surface area contributed by atoms with Gasteiger partial charge in [0.1, 0.15) is 0 Å². The van der Waals surface area contributed by atoms with Crippen LogP contribution in [0.4, 0.5) is 10.5 Å². The third-order valence-corrected chi connectivity index (χ3v) is 7.30. The summed E-state index contributed by atoms with van der Waals surface area (Å²) < 4.78 is 11.5. The number of anilines is 1. The lowest BCUT2D eigenvalue weighted by Gasteiger charge is -2.46. The van der Waals surface area contributed by atoms with Gasteiger partial charge in [-0.1, -0.05) is 12.8 Å². The number of carbonyl (C=O) groups excluding carboxylic acids is 1. The van der Waals surface area contributed by atoms with Crippen LogP contribution in [0.5, 0.6) is 11.5 Å². The van der Waals surface area contributed by atoms with E-state index in [2.05, 4.69) is 29.2 Å². The lowest BCUT2D eigenvalue weighted by Crippen LogP contribution is -2.57. The van der Waals surface area contributed by atoms with Crippen molar-refractivity contribution < 1.29 is 14.3 Å². The van der Waals surface area contributed by atoms with E-state index in [1.165, 1.54) is 25.7 Å². The maximum absolute atomic E-state index is 13.2. The van der Waals surface area contributed by atoms with E-state index in [4.69, 9.17) is 9.47 Å². The summed E-state index contributed by atoms with van der Waals surface area (Å²) in [5.74, 6) is 1.45. The van der Waals surface area contributed by atoms with Crippen LogP contribution in [0.15, 0.2) is 18.2 Å². The van der Waals surface area contributed by atoms with Gasteiger partial charge in [-0.25, -0.2) is 4.79 Å². The quantitative estimate of drug-likeness (QED) is 0.790. The van der Waals surface area contributed by atoms with E-state index in [1.807, 2.05) is 30.1 Å². The van der Waals surface area contributed by atoms with Crippen molar-refractivity contribution in [1.29, 1.82) is 0 Å². The van der Waals surface area contributed by atoms with E-state index in [0.29, 0.717) is 31.0 Å². The van der Waals surface area contributed by atoms with Crippen molar-refractivity contribution in [2.75, 3.05) is 52.8 Å². The fraction of sp³-hybridized carbons (Fsp3) is 0.708. The second-order valence-electron chi connectivity index (χ2n) is 9.37. The molecule has 0 spiro atoms. The van der Waals surface area contributed by atoms with E-state index in [1.54, 1.807) is 0 Å². The van der Waals surface area contributed by atoms with Gasteiger partial charge in [-0.3, -0.25) is 4.90 Å². The Morgan fingerprint density at radius 1 is 0.968 bits per heavy atom. The maximum atomic E-state index is 13.2. The number of amides is 2. The van der Waals surface area contributed by atoms with Gasteiger partial charge in [-0.2, -0.15) is 0 Å². The Morgan fingerprint density at radius 2 is 1.65 bits per heavy atom. The van der Waals surface area contributed by atoms with Crippen LogP contribution in [0, 0.1) is 0 Å². The Hall–Kier alpha value is -1.99. The number of rotatable bonds is 4. The summed E-state index contributed by atoms with van der Waals surface area (Å²) >= 11 is 0. The average Bonchev–Trinajstić information content (AvgIpc) is 3.03. The number of hydrogen-bond acceptors (Lipinski definition) is 5. The molecule has 1 N–H and O–H groups in total. The second kappa shape index (κ2) is 10.1. The molecular formula is C24H38N4O3. The lowest BCUT2D eigenvalue weighted by atomic mass is 9.87. The van der Waals surface area contributed by atoms with E-state index in [-0.39, 0.29) is 12.1 Å². The van der Waals surface area contributed by atoms with Crippen LogP contribution in [0.2, 0.25) is 0 Å². The summed E-state index contributed by atoms with van der Waals surface area (Å²) in [5.41, 5.74) is 0.747. The van der Waals surface area contributed by atoms with Crippen molar-refractivity contribution in [2.24, 2.45) is 0 Å². The third-order valence-electron chi connectivity index (χ3n) is 7.30. The van der Waals surface area contributed by atoms with E-state index in [9.17, 15) is 4.79 Å². The minimum absolute atomic E-state index is 0.0526. The van der Waals surface area contributed by atoms with Gasteiger partial charge in [0.15, 0.2) is 11.5 Å². The van der Waals surface area contributed by atoms with Crippen LogP contribution in [0.25, 0.3) is 0 Å². The van der Waals surface area contributed by atoms with Crippen LogP contribution in [0.1, 0.15) is 44.9 Å². The Morgan fingerprint density at radius 3 is 2.39 bits per heavy atom. The number of benzene rings is 1. The fourth-order valence-electron chi connectivity index (χ4n) is 5.29. The maximum Gasteiger partial charge on any atom is 0.321 e. The Balaban J connectivity index is 1.41. The molecule has 1 aromatic carbocycles. The molecule has 2 atom stereocenters. The number of fused-ring (bicyclic) bond motifs is 1. The van der Waals surface area contributed by atoms with Crippen LogP contribution in [0.3, 0.4) is 0 Å². The molecule has 1 saturated heterocycles. The number of likely N-dealkylation sites (N-methyl/N-ethyl adjacent to an activating group) is 2. The first kappa shape index (κ1) is 22.2. The van der Waals surface area contributed by atoms with Crippen molar-refractivity contribution in [3.8, 4) is 11.5 Å². The van der Waals surface area contributed by atoms with E-state index in [0.717, 1.165) is 43.8 Å². The molecular weight excluding hydrogens is 392 g/mol. The Bertz CT molecular complexity index is 750. The van der Waals surface area contributed by atoms with E-state index >= 15 is 0 Å². The minimum Gasteiger partial charge on any atom is -0.490 e. The van der Waals surface area contributed by atoms with Gasteiger partial charge < -0.3 is 24.6 Å². The normalized spacial score (nSPS) is 25.2. The van der Waals surface area contributed by atoms with Gasteiger partial charge in [-0.05, 0) is 65.0 Å². The molecule has 0 aromatic heterocycles. The van der Waals surface area contributed by atoms with Crippen molar-refractivity contribution in [1.82, 2.24) is 14.7 Å². The highest BCUT2D eigenvalue weighted by Crippen LogP contribution is 2.33. The molecule has 172 valence electrons. The van der Waals surface area contributed by atoms with Crippen molar-refractivity contribution in [3.63, 3.8) is 0 Å². The zero-order chi connectivity index (χ0) is 21.8. The van der Waals surface area contributed by atoms with Crippen molar-refractivity contribution in [2.45, 2.75) is 63.1 Å². The van der Waals surface area contributed by atoms with Gasteiger partial charge in [0, 0.05) is 43.3 Å². The van der Waals surface area contributed by atoms with Crippen LogP contribution < -0.4 is 14.8 Å². The first-order valence-electron chi connectivity index (χ1n) is 11.9. The number of nitrogens with zero attached hydrogens (tertiary/aromatic N) is 3. The molecule has 1 aliphatic carbocycles. The molecule has 2 heterocycles. The van der Waals surface area contributed by atoms with Crippen LogP contribution in [-0.4, -0.2) is 86.3 Å². The number of carbonyl (C=O) groups is 1. The summed E-state index contributed by atoms with van der Waals surface area (Å²) in [6.07, 6.45) is 7.95. The van der Waals surface area contributed by atoms with Gasteiger partial charge in [0.25, 0.3) is 0 Å². The summed E-state index contributed by atoms with van der Waals surface area (Å²) in [5, 5.41) is 3.08. The lowest BCUT2D eigenvalue weighted by molar-refractivity contribution is 0.0443. The predicted molar refractivity (Wildman–Crippen MR) is 123 cm³/mol. The standard InChI is InChI=1S/C24H38N4O3/c1-26-13-11-19(12-14-26)27(2)20-7-4-5-8-21(20)28(3)24(29)25-18-9-10-22-23(17-18)31-16-6-15-30-22/h9-10,17,19-21H,4-8,11-16H2,1-3H3,(H,25,29)/t20-,21+/m1/s1. The number of piperidine rings is 1. The predicted octanol–water partition coefficient (Wildman–Crippen LogP) is 3.65. The molecule has 7 nitrogen and oxygen atoms in total.